The standard InChI is InChI=1S/C24H22ClN3S/c25-24-7-2-1-6-23(24)20-10-8-18(9-11-20)16-28-13-12-21(17-28)27-29-22-5-3-4-19(14-22)15-26/h1-11,14,21,27H,12-13,16-17H2. The quantitative estimate of drug-likeness (QED) is 0.516. The van der Waals surface area contributed by atoms with Crippen LogP contribution >= 0.6 is 23.5 Å². The van der Waals surface area contributed by atoms with E-state index in [1.807, 2.05) is 42.5 Å². The van der Waals surface area contributed by atoms with Crippen LogP contribution in [0.25, 0.3) is 11.1 Å². The van der Waals surface area contributed by atoms with Crippen LogP contribution in [0, 0.1) is 11.3 Å². The lowest BCUT2D eigenvalue weighted by Crippen LogP contribution is -2.28. The van der Waals surface area contributed by atoms with Crippen LogP contribution in [0.15, 0.2) is 77.7 Å². The summed E-state index contributed by atoms with van der Waals surface area (Å²) < 4.78 is 3.55. The van der Waals surface area contributed by atoms with Crippen molar-refractivity contribution in [1.82, 2.24) is 9.62 Å². The third kappa shape index (κ3) is 5.20. The minimum absolute atomic E-state index is 0.452. The lowest BCUT2D eigenvalue weighted by atomic mass is 10.0. The van der Waals surface area contributed by atoms with Crippen LogP contribution in [-0.4, -0.2) is 24.0 Å². The minimum Gasteiger partial charge on any atom is -0.297 e. The number of nitrogens with zero attached hydrogens (tertiary/aromatic N) is 2. The van der Waals surface area contributed by atoms with Crippen LogP contribution in [0.2, 0.25) is 5.02 Å². The van der Waals surface area contributed by atoms with Gasteiger partial charge in [-0.15, -0.1) is 0 Å². The fourth-order valence-corrected chi connectivity index (χ4v) is 4.67. The highest BCUT2D eigenvalue weighted by Crippen LogP contribution is 2.28. The molecule has 1 atom stereocenters. The monoisotopic (exact) mass is 419 g/mol. The van der Waals surface area contributed by atoms with Gasteiger partial charge >= 0.3 is 0 Å². The Morgan fingerprint density at radius 3 is 2.69 bits per heavy atom. The molecule has 3 aromatic carbocycles. The summed E-state index contributed by atoms with van der Waals surface area (Å²) in [6.45, 7) is 3.06. The molecule has 0 radical (unpaired) electrons. The molecule has 0 aliphatic carbocycles. The molecule has 146 valence electrons. The molecule has 0 bridgehead atoms. The van der Waals surface area contributed by atoms with Gasteiger partial charge < -0.3 is 0 Å². The number of likely N-dealkylation sites (tertiary alicyclic amines) is 1. The number of rotatable bonds is 6. The van der Waals surface area contributed by atoms with E-state index in [0.717, 1.165) is 47.1 Å². The van der Waals surface area contributed by atoms with Gasteiger partial charge in [-0.1, -0.05) is 60.1 Å². The molecule has 1 aliphatic heterocycles. The molecule has 3 nitrogen and oxygen atoms in total. The van der Waals surface area contributed by atoms with Crippen LogP contribution in [0.1, 0.15) is 17.5 Å². The Balaban J connectivity index is 1.30. The van der Waals surface area contributed by atoms with E-state index in [9.17, 15) is 0 Å². The van der Waals surface area contributed by atoms with Crippen molar-refractivity contribution in [2.24, 2.45) is 0 Å². The summed E-state index contributed by atoms with van der Waals surface area (Å²) in [6, 6.07) is 27.0. The largest absolute Gasteiger partial charge is 0.297 e. The smallest absolute Gasteiger partial charge is 0.0992 e. The summed E-state index contributed by atoms with van der Waals surface area (Å²) in [6.07, 6.45) is 1.13. The maximum Gasteiger partial charge on any atom is 0.0992 e. The van der Waals surface area contributed by atoms with E-state index >= 15 is 0 Å². The fraction of sp³-hybridized carbons (Fsp3) is 0.208. The summed E-state index contributed by atoms with van der Waals surface area (Å²) in [5, 5.41) is 9.80. The second-order valence-electron chi connectivity index (χ2n) is 7.26. The van der Waals surface area contributed by atoms with Crippen molar-refractivity contribution in [3.05, 3.63) is 88.9 Å². The van der Waals surface area contributed by atoms with E-state index in [4.69, 9.17) is 16.9 Å². The molecule has 0 amide bonds. The van der Waals surface area contributed by atoms with E-state index in [-0.39, 0.29) is 0 Å². The van der Waals surface area contributed by atoms with Gasteiger partial charge in [0.15, 0.2) is 0 Å². The Labute approximate surface area is 181 Å². The molecular weight excluding hydrogens is 398 g/mol. The fourth-order valence-electron chi connectivity index (χ4n) is 3.60. The first kappa shape index (κ1) is 20.0. The Bertz CT molecular complexity index is 1010. The van der Waals surface area contributed by atoms with Crippen LogP contribution in [0.4, 0.5) is 0 Å². The first-order valence-corrected chi connectivity index (χ1v) is 10.9. The van der Waals surface area contributed by atoms with Gasteiger partial charge in [0, 0.05) is 41.2 Å². The third-order valence-corrected chi connectivity index (χ3v) is 6.39. The first-order chi connectivity index (χ1) is 14.2. The Morgan fingerprint density at radius 2 is 1.90 bits per heavy atom. The van der Waals surface area contributed by atoms with Gasteiger partial charge in [0.1, 0.15) is 0 Å². The van der Waals surface area contributed by atoms with E-state index in [2.05, 4.69) is 46.0 Å². The molecule has 29 heavy (non-hydrogen) atoms. The maximum atomic E-state index is 9.02. The molecule has 5 heteroatoms. The van der Waals surface area contributed by atoms with Crippen molar-refractivity contribution >= 4 is 23.5 Å². The molecule has 1 N–H and O–H groups in total. The van der Waals surface area contributed by atoms with Gasteiger partial charge in [-0.2, -0.15) is 5.26 Å². The zero-order valence-corrected chi connectivity index (χ0v) is 17.6. The maximum absolute atomic E-state index is 9.02. The average molecular weight is 420 g/mol. The van der Waals surface area contributed by atoms with Gasteiger partial charge in [-0.05, 0) is 53.8 Å². The number of nitrogens with one attached hydrogen (secondary N) is 1. The predicted octanol–water partition coefficient (Wildman–Crippen LogP) is 5.75. The van der Waals surface area contributed by atoms with Crippen molar-refractivity contribution in [1.29, 1.82) is 5.26 Å². The highest BCUT2D eigenvalue weighted by atomic mass is 35.5. The van der Waals surface area contributed by atoms with Gasteiger partial charge in [0.2, 0.25) is 0 Å². The van der Waals surface area contributed by atoms with Crippen LogP contribution in [0.3, 0.4) is 0 Å². The van der Waals surface area contributed by atoms with Crippen molar-refractivity contribution in [3.63, 3.8) is 0 Å². The van der Waals surface area contributed by atoms with E-state index in [0.29, 0.717) is 11.6 Å². The molecule has 4 rings (SSSR count). The normalized spacial score (nSPS) is 16.6. The summed E-state index contributed by atoms with van der Waals surface area (Å²) in [7, 11) is 0. The van der Waals surface area contributed by atoms with Crippen molar-refractivity contribution in [2.75, 3.05) is 13.1 Å². The van der Waals surface area contributed by atoms with Gasteiger partial charge in [-0.3, -0.25) is 9.62 Å². The Kier molecular flexibility index (Phi) is 6.53. The summed E-state index contributed by atoms with van der Waals surface area (Å²) in [5.41, 5.74) is 4.24. The highest BCUT2D eigenvalue weighted by Gasteiger charge is 2.22. The molecule has 1 fully saturated rings. The molecule has 3 aromatic rings. The average Bonchev–Trinajstić information content (AvgIpc) is 3.21. The topological polar surface area (TPSA) is 39.1 Å². The van der Waals surface area contributed by atoms with Crippen molar-refractivity contribution in [3.8, 4) is 17.2 Å². The van der Waals surface area contributed by atoms with E-state index in [1.54, 1.807) is 11.9 Å². The Morgan fingerprint density at radius 1 is 1.07 bits per heavy atom. The molecule has 0 spiro atoms. The van der Waals surface area contributed by atoms with Gasteiger partial charge in [0.25, 0.3) is 0 Å². The number of hydrogen-bond acceptors (Lipinski definition) is 4. The Hall–Kier alpha value is -2.29. The first-order valence-electron chi connectivity index (χ1n) is 9.70. The molecule has 1 unspecified atom stereocenters. The third-order valence-electron chi connectivity index (χ3n) is 5.12. The number of benzene rings is 3. The molecule has 0 saturated carbocycles. The minimum atomic E-state index is 0.452. The molecule has 0 aromatic heterocycles. The summed E-state index contributed by atoms with van der Waals surface area (Å²) in [4.78, 5) is 3.56. The highest BCUT2D eigenvalue weighted by molar-refractivity contribution is 7.97. The van der Waals surface area contributed by atoms with Crippen molar-refractivity contribution in [2.45, 2.75) is 23.9 Å². The SMILES string of the molecule is N#Cc1cccc(SNC2CCN(Cc3ccc(-c4ccccc4Cl)cc3)C2)c1. The second kappa shape index (κ2) is 9.47. The van der Waals surface area contributed by atoms with Crippen LogP contribution in [0.5, 0.6) is 0 Å². The van der Waals surface area contributed by atoms with E-state index < -0.39 is 0 Å². The lowest BCUT2D eigenvalue weighted by Gasteiger charge is -2.17. The van der Waals surface area contributed by atoms with Crippen LogP contribution < -0.4 is 4.72 Å². The lowest BCUT2D eigenvalue weighted by molar-refractivity contribution is 0.325. The molecule has 1 saturated heterocycles. The molecule has 1 heterocycles. The van der Waals surface area contributed by atoms with E-state index in [1.165, 1.54) is 5.56 Å². The van der Waals surface area contributed by atoms with Crippen molar-refractivity contribution < 1.29 is 0 Å². The second-order valence-corrected chi connectivity index (χ2v) is 8.58. The number of halogens is 1. The van der Waals surface area contributed by atoms with Gasteiger partial charge in [0.05, 0.1) is 11.6 Å². The summed E-state index contributed by atoms with van der Waals surface area (Å²) >= 11 is 7.93. The number of nitriles is 1. The zero-order valence-electron chi connectivity index (χ0n) is 16.0. The zero-order chi connectivity index (χ0) is 20.1. The predicted molar refractivity (Wildman–Crippen MR) is 121 cm³/mol. The molecule has 1 aliphatic rings. The molecular formula is C24H22ClN3S. The number of hydrogen-bond donors (Lipinski definition) is 1. The van der Waals surface area contributed by atoms with Crippen LogP contribution in [-0.2, 0) is 6.54 Å². The van der Waals surface area contributed by atoms with Gasteiger partial charge in [-0.25, -0.2) is 0 Å². The summed E-state index contributed by atoms with van der Waals surface area (Å²) in [5.74, 6) is 0.